The molecule has 0 amide bonds. The minimum Gasteiger partial charge on any atom is -0.351 e. The fraction of sp³-hybridized carbons (Fsp3) is 0.308. The summed E-state index contributed by atoms with van der Waals surface area (Å²) in [6.07, 6.45) is -1.40. The van der Waals surface area contributed by atoms with Crippen LogP contribution in [0.25, 0.3) is 10.9 Å². The van der Waals surface area contributed by atoms with Crippen molar-refractivity contribution in [2.45, 2.75) is 24.6 Å². The topological polar surface area (TPSA) is 45.2 Å². The first kappa shape index (κ1) is 12.0. The Morgan fingerprint density at radius 2 is 2.00 bits per heavy atom. The van der Waals surface area contributed by atoms with Crippen LogP contribution in [0.15, 0.2) is 29.3 Å². The number of rotatable bonds is 2. The Hall–Kier alpha value is -2.07. The number of isocyanates is 1. The second kappa shape index (κ2) is 3.71. The normalized spacial score (nSPS) is 17.2. The molecule has 1 saturated carbocycles. The van der Waals surface area contributed by atoms with Crippen molar-refractivity contribution in [1.29, 1.82) is 0 Å². The second-order valence-corrected chi connectivity index (χ2v) is 4.72. The highest BCUT2D eigenvalue weighted by molar-refractivity contribution is 5.81. The first-order valence-electron chi connectivity index (χ1n) is 5.74. The van der Waals surface area contributed by atoms with E-state index in [-0.39, 0.29) is 0 Å². The van der Waals surface area contributed by atoms with E-state index in [0.29, 0.717) is 10.9 Å². The zero-order chi connectivity index (χ0) is 13.7. The van der Waals surface area contributed by atoms with Crippen molar-refractivity contribution < 1.29 is 18.0 Å². The van der Waals surface area contributed by atoms with E-state index in [9.17, 15) is 18.0 Å². The quantitative estimate of drug-likeness (QED) is 0.656. The summed E-state index contributed by atoms with van der Waals surface area (Å²) < 4.78 is 37.8. The van der Waals surface area contributed by atoms with E-state index >= 15 is 0 Å². The van der Waals surface area contributed by atoms with Crippen LogP contribution < -0.4 is 0 Å². The summed E-state index contributed by atoms with van der Waals surface area (Å²) in [6.45, 7) is 0. The summed E-state index contributed by atoms with van der Waals surface area (Å²) in [4.78, 5) is 16.5. The van der Waals surface area contributed by atoms with Crippen molar-refractivity contribution in [3.8, 4) is 0 Å². The van der Waals surface area contributed by atoms with Crippen LogP contribution >= 0.6 is 0 Å². The van der Waals surface area contributed by atoms with Crippen LogP contribution in [-0.4, -0.2) is 11.1 Å². The van der Waals surface area contributed by atoms with Crippen molar-refractivity contribution in [2.24, 2.45) is 4.99 Å². The Morgan fingerprint density at radius 3 is 2.58 bits per heavy atom. The van der Waals surface area contributed by atoms with Crippen LogP contribution in [0.2, 0.25) is 0 Å². The smallest absolute Gasteiger partial charge is 0.351 e. The van der Waals surface area contributed by atoms with E-state index in [4.69, 9.17) is 0 Å². The fourth-order valence-electron chi connectivity index (χ4n) is 2.25. The van der Waals surface area contributed by atoms with Crippen LogP contribution in [0.1, 0.15) is 24.1 Å². The summed E-state index contributed by atoms with van der Waals surface area (Å²) in [5, 5.41) is 0.470. The average molecular weight is 266 g/mol. The Labute approximate surface area is 106 Å². The Balaban J connectivity index is 2.09. The van der Waals surface area contributed by atoms with Crippen molar-refractivity contribution in [3.05, 3.63) is 35.5 Å². The van der Waals surface area contributed by atoms with Gasteiger partial charge < -0.3 is 4.98 Å². The Kier molecular flexibility index (Phi) is 2.34. The molecule has 1 N–H and O–H groups in total. The molecule has 0 bridgehead atoms. The number of H-pyrrole nitrogens is 1. The lowest BCUT2D eigenvalue weighted by atomic mass is 10.0. The van der Waals surface area contributed by atoms with Gasteiger partial charge in [-0.3, -0.25) is 0 Å². The van der Waals surface area contributed by atoms with E-state index in [2.05, 4.69) is 9.98 Å². The maximum atomic E-state index is 12.6. The lowest BCUT2D eigenvalue weighted by Gasteiger charge is -2.07. The highest BCUT2D eigenvalue weighted by Gasteiger charge is 2.45. The lowest BCUT2D eigenvalue weighted by Crippen LogP contribution is -2.04. The first-order valence-corrected chi connectivity index (χ1v) is 5.74. The maximum Gasteiger partial charge on any atom is 0.431 e. The third-order valence-corrected chi connectivity index (χ3v) is 3.45. The summed E-state index contributed by atoms with van der Waals surface area (Å²) in [7, 11) is 0. The third-order valence-electron chi connectivity index (χ3n) is 3.45. The van der Waals surface area contributed by atoms with E-state index in [1.165, 1.54) is 6.08 Å². The second-order valence-electron chi connectivity index (χ2n) is 4.72. The van der Waals surface area contributed by atoms with Gasteiger partial charge in [0.25, 0.3) is 0 Å². The molecule has 1 fully saturated rings. The number of nitrogens with zero attached hydrogens (tertiary/aromatic N) is 1. The summed E-state index contributed by atoms with van der Waals surface area (Å²) in [5.74, 6) is 0. The number of hydrogen-bond acceptors (Lipinski definition) is 2. The van der Waals surface area contributed by atoms with Gasteiger partial charge >= 0.3 is 6.18 Å². The van der Waals surface area contributed by atoms with Crippen LogP contribution in [0.4, 0.5) is 13.2 Å². The molecule has 19 heavy (non-hydrogen) atoms. The van der Waals surface area contributed by atoms with Gasteiger partial charge in [-0.05, 0) is 36.6 Å². The van der Waals surface area contributed by atoms with Gasteiger partial charge in [0, 0.05) is 10.9 Å². The molecule has 1 aromatic heterocycles. The molecule has 0 radical (unpaired) electrons. The van der Waals surface area contributed by atoms with Crippen molar-refractivity contribution >= 4 is 17.0 Å². The predicted octanol–water partition coefficient (Wildman–Crippen LogP) is 3.51. The minimum atomic E-state index is -4.39. The number of alkyl halides is 3. The van der Waals surface area contributed by atoms with Crippen LogP contribution in [0, 0.1) is 0 Å². The largest absolute Gasteiger partial charge is 0.431 e. The number of aromatic amines is 1. The van der Waals surface area contributed by atoms with Gasteiger partial charge in [0.1, 0.15) is 5.69 Å². The molecule has 0 unspecified atom stereocenters. The molecule has 3 rings (SSSR count). The SMILES string of the molecule is O=C=NC1(c2ccc3[nH]c(C(F)(F)F)cc3c2)CC1. The van der Waals surface area contributed by atoms with E-state index in [1.54, 1.807) is 18.2 Å². The zero-order valence-corrected chi connectivity index (χ0v) is 9.71. The highest BCUT2D eigenvalue weighted by Crippen LogP contribution is 2.49. The molecule has 0 spiro atoms. The number of hydrogen-bond donors (Lipinski definition) is 1. The van der Waals surface area contributed by atoms with Crippen LogP contribution in [0.3, 0.4) is 0 Å². The van der Waals surface area contributed by atoms with Crippen molar-refractivity contribution in [2.75, 3.05) is 0 Å². The Morgan fingerprint density at radius 1 is 1.26 bits per heavy atom. The van der Waals surface area contributed by atoms with Gasteiger partial charge in [-0.15, -0.1) is 0 Å². The minimum absolute atomic E-state index is 0.418. The van der Waals surface area contributed by atoms with E-state index in [0.717, 1.165) is 24.5 Å². The molecule has 2 aromatic rings. The maximum absolute atomic E-state index is 12.6. The number of benzene rings is 1. The molecule has 1 aromatic carbocycles. The average Bonchev–Trinajstić information content (AvgIpc) is 2.99. The lowest BCUT2D eigenvalue weighted by molar-refractivity contribution is -0.140. The predicted molar refractivity (Wildman–Crippen MR) is 62.3 cm³/mol. The van der Waals surface area contributed by atoms with Gasteiger partial charge in [-0.25, -0.2) is 4.79 Å². The summed E-state index contributed by atoms with van der Waals surface area (Å²) >= 11 is 0. The Bertz CT molecular complexity index is 691. The molecule has 0 saturated heterocycles. The summed E-state index contributed by atoms with van der Waals surface area (Å²) in [5.41, 5.74) is -0.160. The molecular weight excluding hydrogens is 257 g/mol. The molecule has 6 heteroatoms. The molecule has 0 atom stereocenters. The molecule has 3 nitrogen and oxygen atoms in total. The van der Waals surface area contributed by atoms with Gasteiger partial charge in [0.05, 0.1) is 5.54 Å². The molecule has 98 valence electrons. The number of aromatic nitrogens is 1. The highest BCUT2D eigenvalue weighted by atomic mass is 19.4. The number of fused-ring (bicyclic) bond motifs is 1. The summed E-state index contributed by atoms with van der Waals surface area (Å²) in [6, 6.07) is 6.00. The molecule has 1 heterocycles. The standard InChI is InChI=1S/C13H9F3N2O/c14-13(15,16)11-6-8-5-9(1-2-10(8)18-11)12(3-4-12)17-7-19/h1-2,5-6,18H,3-4H2. The van der Waals surface area contributed by atoms with Crippen LogP contribution in [0.5, 0.6) is 0 Å². The van der Waals surface area contributed by atoms with E-state index in [1.807, 2.05) is 0 Å². The van der Waals surface area contributed by atoms with Crippen molar-refractivity contribution in [1.82, 2.24) is 4.98 Å². The third kappa shape index (κ3) is 1.94. The van der Waals surface area contributed by atoms with Gasteiger partial charge in [-0.2, -0.15) is 18.2 Å². The van der Waals surface area contributed by atoms with E-state index < -0.39 is 17.4 Å². The fourth-order valence-corrected chi connectivity index (χ4v) is 2.25. The van der Waals surface area contributed by atoms with Gasteiger partial charge in [0.15, 0.2) is 0 Å². The number of aliphatic imine (C=N–C) groups is 1. The monoisotopic (exact) mass is 266 g/mol. The first-order chi connectivity index (χ1) is 8.94. The molecule has 0 aliphatic heterocycles. The molecular formula is C13H9F3N2O. The zero-order valence-electron chi connectivity index (χ0n) is 9.71. The van der Waals surface area contributed by atoms with Gasteiger partial charge in [-0.1, -0.05) is 6.07 Å². The van der Waals surface area contributed by atoms with Crippen molar-refractivity contribution in [3.63, 3.8) is 0 Å². The number of nitrogens with one attached hydrogen (secondary N) is 1. The molecule has 1 aliphatic carbocycles. The molecule has 1 aliphatic rings. The number of halogens is 3. The number of carbonyl (C=O) groups excluding carboxylic acids is 1. The van der Waals surface area contributed by atoms with Gasteiger partial charge in [0.2, 0.25) is 6.08 Å². The van der Waals surface area contributed by atoms with Crippen LogP contribution in [-0.2, 0) is 16.5 Å².